The zero-order chi connectivity index (χ0) is 11.1. The van der Waals surface area contributed by atoms with Gasteiger partial charge in [-0.2, -0.15) is 10.2 Å². The lowest BCUT2D eigenvalue weighted by Crippen LogP contribution is -2.10. The Balaban J connectivity index is 2.43. The minimum atomic E-state index is -0.149. The van der Waals surface area contributed by atoms with Gasteiger partial charge in [0.2, 0.25) is 0 Å². The molecule has 0 bridgehead atoms. The maximum absolute atomic E-state index is 11.5. The van der Waals surface area contributed by atoms with Crippen LogP contribution < -0.4 is 5.56 Å². The number of aromatic amines is 1. The molecule has 0 amide bonds. The van der Waals surface area contributed by atoms with Crippen molar-refractivity contribution >= 4 is 5.65 Å². The molecule has 3 heterocycles. The van der Waals surface area contributed by atoms with Crippen LogP contribution in [0, 0.1) is 0 Å². The quantitative estimate of drug-likeness (QED) is 0.639. The molecule has 0 saturated carbocycles. The molecule has 3 rings (SSSR count). The fraction of sp³-hybridized carbons (Fsp3) is 0.100. The fourth-order valence-electron chi connectivity index (χ4n) is 1.75. The Kier molecular flexibility index (Phi) is 1.70. The predicted molar refractivity (Wildman–Crippen MR) is 58.0 cm³/mol. The second-order valence-corrected chi connectivity index (χ2v) is 3.49. The van der Waals surface area contributed by atoms with Crippen molar-refractivity contribution in [3.05, 3.63) is 40.9 Å². The van der Waals surface area contributed by atoms with Crippen molar-refractivity contribution in [2.24, 2.45) is 7.05 Å². The van der Waals surface area contributed by atoms with Crippen LogP contribution >= 0.6 is 0 Å². The summed E-state index contributed by atoms with van der Waals surface area (Å²) in [6, 6.07) is 5.11. The monoisotopic (exact) mass is 215 g/mol. The van der Waals surface area contributed by atoms with Gasteiger partial charge in [-0.05, 0) is 6.07 Å². The highest BCUT2D eigenvalue weighted by atomic mass is 16.1. The summed E-state index contributed by atoms with van der Waals surface area (Å²) in [6.45, 7) is 0. The summed E-state index contributed by atoms with van der Waals surface area (Å²) < 4.78 is 3.38. The van der Waals surface area contributed by atoms with Gasteiger partial charge in [0.25, 0.3) is 5.56 Å². The first-order valence-corrected chi connectivity index (χ1v) is 4.81. The van der Waals surface area contributed by atoms with E-state index in [4.69, 9.17) is 0 Å². The summed E-state index contributed by atoms with van der Waals surface area (Å²) in [6.07, 6.45) is 3.33. The first-order valence-electron chi connectivity index (χ1n) is 4.81. The Labute approximate surface area is 90.1 Å². The molecule has 3 aromatic heterocycles. The average molecular weight is 215 g/mol. The van der Waals surface area contributed by atoms with Crippen LogP contribution in [0.5, 0.6) is 0 Å². The van der Waals surface area contributed by atoms with Gasteiger partial charge in [-0.25, -0.2) is 4.52 Å². The lowest BCUT2D eigenvalue weighted by molar-refractivity contribution is 0.766. The van der Waals surface area contributed by atoms with E-state index in [1.807, 2.05) is 13.1 Å². The second-order valence-electron chi connectivity index (χ2n) is 3.49. The minimum absolute atomic E-state index is 0.149. The normalized spacial score (nSPS) is 11.1. The Bertz CT molecular complexity index is 705. The number of rotatable bonds is 1. The predicted octanol–water partition coefficient (Wildman–Crippen LogP) is 0.423. The number of aryl methyl sites for hydroxylation is 1. The van der Waals surface area contributed by atoms with E-state index in [-0.39, 0.29) is 5.56 Å². The molecule has 3 aromatic rings. The molecular formula is C10H9N5O. The second kappa shape index (κ2) is 3.06. The average Bonchev–Trinajstić information content (AvgIpc) is 2.84. The number of fused-ring (bicyclic) bond motifs is 1. The smallest absolute Gasteiger partial charge is 0.251 e. The van der Waals surface area contributed by atoms with Crippen LogP contribution in [0.15, 0.2) is 35.4 Å². The first kappa shape index (κ1) is 8.90. The fourth-order valence-corrected chi connectivity index (χ4v) is 1.75. The number of hydrogen-bond acceptors (Lipinski definition) is 3. The topological polar surface area (TPSA) is 68.0 Å². The van der Waals surface area contributed by atoms with Gasteiger partial charge in [0.05, 0.1) is 17.6 Å². The van der Waals surface area contributed by atoms with Gasteiger partial charge in [-0.3, -0.25) is 9.48 Å². The molecule has 0 atom stereocenters. The molecular weight excluding hydrogens is 206 g/mol. The van der Waals surface area contributed by atoms with Crippen molar-refractivity contribution in [3.8, 4) is 11.4 Å². The summed E-state index contributed by atoms with van der Waals surface area (Å²) in [7, 11) is 1.83. The van der Waals surface area contributed by atoms with E-state index in [1.54, 1.807) is 27.7 Å². The number of hydrogen-bond donors (Lipinski definition) is 1. The van der Waals surface area contributed by atoms with E-state index in [0.717, 1.165) is 11.4 Å². The van der Waals surface area contributed by atoms with Crippen molar-refractivity contribution in [2.75, 3.05) is 0 Å². The highest BCUT2D eigenvalue weighted by molar-refractivity contribution is 5.58. The van der Waals surface area contributed by atoms with Gasteiger partial charge in [0.1, 0.15) is 5.65 Å². The van der Waals surface area contributed by atoms with E-state index < -0.39 is 0 Å². The molecule has 0 aliphatic carbocycles. The van der Waals surface area contributed by atoms with Gasteiger partial charge in [0.15, 0.2) is 0 Å². The van der Waals surface area contributed by atoms with E-state index in [9.17, 15) is 4.79 Å². The van der Waals surface area contributed by atoms with Gasteiger partial charge < -0.3 is 4.98 Å². The van der Waals surface area contributed by atoms with Gasteiger partial charge in [-0.15, -0.1) is 0 Å². The highest BCUT2D eigenvalue weighted by Gasteiger charge is 2.09. The number of aromatic nitrogens is 5. The molecule has 80 valence electrons. The van der Waals surface area contributed by atoms with Crippen LogP contribution in [0.3, 0.4) is 0 Å². The molecule has 0 aliphatic heterocycles. The molecule has 6 heteroatoms. The van der Waals surface area contributed by atoms with Crippen LogP contribution in [-0.2, 0) is 7.05 Å². The molecule has 0 saturated heterocycles. The van der Waals surface area contributed by atoms with Crippen LogP contribution in [0.4, 0.5) is 0 Å². The van der Waals surface area contributed by atoms with Crippen LogP contribution in [0.25, 0.3) is 17.0 Å². The van der Waals surface area contributed by atoms with E-state index in [0.29, 0.717) is 5.65 Å². The van der Waals surface area contributed by atoms with E-state index >= 15 is 0 Å². The highest BCUT2D eigenvalue weighted by Crippen LogP contribution is 2.16. The Morgan fingerprint density at radius 3 is 2.75 bits per heavy atom. The molecule has 0 spiro atoms. The van der Waals surface area contributed by atoms with E-state index in [1.165, 1.54) is 6.07 Å². The number of nitrogens with one attached hydrogen (secondary N) is 1. The van der Waals surface area contributed by atoms with E-state index in [2.05, 4.69) is 15.2 Å². The van der Waals surface area contributed by atoms with Crippen molar-refractivity contribution < 1.29 is 0 Å². The molecule has 0 aliphatic rings. The van der Waals surface area contributed by atoms with Crippen molar-refractivity contribution in [1.29, 1.82) is 0 Å². The Hall–Kier alpha value is -2.37. The van der Waals surface area contributed by atoms with Crippen molar-refractivity contribution in [1.82, 2.24) is 24.4 Å². The summed E-state index contributed by atoms with van der Waals surface area (Å²) in [5, 5.41) is 8.24. The third-order valence-corrected chi connectivity index (χ3v) is 2.47. The lowest BCUT2D eigenvalue weighted by atomic mass is 10.3. The van der Waals surface area contributed by atoms with Crippen LogP contribution in [0.2, 0.25) is 0 Å². The summed E-state index contributed by atoms with van der Waals surface area (Å²) >= 11 is 0. The maximum Gasteiger partial charge on any atom is 0.251 e. The van der Waals surface area contributed by atoms with Crippen molar-refractivity contribution in [3.63, 3.8) is 0 Å². The molecule has 0 radical (unpaired) electrons. The Morgan fingerprint density at radius 1 is 1.19 bits per heavy atom. The van der Waals surface area contributed by atoms with Crippen molar-refractivity contribution in [2.45, 2.75) is 0 Å². The largest absolute Gasteiger partial charge is 0.307 e. The standard InChI is InChI=1S/C10H9N5O/c1-14-7(2-4-11-14)8-6-10(16)13-9-3-5-12-15(8)9/h2-6H,1H3,(H,13,16). The van der Waals surface area contributed by atoms with Crippen LogP contribution in [0.1, 0.15) is 0 Å². The van der Waals surface area contributed by atoms with Gasteiger partial charge in [-0.1, -0.05) is 0 Å². The lowest BCUT2D eigenvalue weighted by Gasteiger charge is -2.04. The third-order valence-electron chi connectivity index (χ3n) is 2.47. The molecule has 0 fully saturated rings. The SMILES string of the molecule is Cn1nccc1-c1cc(=O)[nH]c2ccnn12. The molecule has 1 N–H and O–H groups in total. The Morgan fingerprint density at radius 2 is 2.00 bits per heavy atom. The van der Waals surface area contributed by atoms with Gasteiger partial charge in [0, 0.05) is 25.4 Å². The third kappa shape index (κ3) is 1.16. The first-order chi connectivity index (χ1) is 7.75. The van der Waals surface area contributed by atoms with Crippen LogP contribution in [-0.4, -0.2) is 24.4 Å². The minimum Gasteiger partial charge on any atom is -0.307 e. The number of nitrogens with zero attached hydrogens (tertiary/aromatic N) is 4. The summed E-state index contributed by atoms with van der Waals surface area (Å²) in [4.78, 5) is 14.2. The molecule has 16 heavy (non-hydrogen) atoms. The summed E-state index contributed by atoms with van der Waals surface area (Å²) in [5.74, 6) is 0. The molecule has 0 unspecified atom stereocenters. The zero-order valence-corrected chi connectivity index (χ0v) is 8.58. The number of H-pyrrole nitrogens is 1. The maximum atomic E-state index is 11.5. The zero-order valence-electron chi connectivity index (χ0n) is 8.58. The summed E-state index contributed by atoms with van der Waals surface area (Å²) in [5.41, 5.74) is 2.09. The van der Waals surface area contributed by atoms with Gasteiger partial charge >= 0.3 is 0 Å². The molecule has 0 aromatic carbocycles. The molecule has 6 nitrogen and oxygen atoms in total.